The molecule has 2 atom stereocenters. The van der Waals surface area contributed by atoms with E-state index in [1.807, 2.05) is 19.2 Å². The van der Waals surface area contributed by atoms with E-state index in [1.54, 1.807) is 18.1 Å². The zero-order valence-corrected chi connectivity index (χ0v) is 26.5. The zero-order chi connectivity index (χ0) is 29.9. The molecule has 1 fully saturated rings. The quantitative estimate of drug-likeness (QED) is 0.0472. The molecule has 12 nitrogen and oxygen atoms in total. The number of aliphatic hydroxyl groups is 1. The Morgan fingerprint density at radius 1 is 1.02 bits per heavy atom. The first kappa shape index (κ1) is 35.6. The second-order valence-electron chi connectivity index (χ2n) is 10.0. The van der Waals surface area contributed by atoms with E-state index in [0.717, 1.165) is 74.1 Å². The fourth-order valence-electron chi connectivity index (χ4n) is 4.78. The topological polar surface area (TPSA) is 131 Å². The van der Waals surface area contributed by atoms with Crippen LogP contribution in [0, 0.1) is 4.91 Å². The number of unbranched alkanes of at least 4 members (excludes halogenated alkanes) is 3. The lowest BCUT2D eigenvalue weighted by molar-refractivity contribution is -0.515. The van der Waals surface area contributed by atoms with Crippen molar-refractivity contribution < 1.29 is 34.5 Å². The van der Waals surface area contributed by atoms with E-state index < -0.39 is 5.54 Å². The van der Waals surface area contributed by atoms with E-state index in [9.17, 15) is 9.70 Å². The molecular weight excluding hydrogens is 570 g/mol. The van der Waals surface area contributed by atoms with Crippen LogP contribution in [0.4, 0.5) is 0 Å². The van der Waals surface area contributed by atoms with Crippen LogP contribution in [0.2, 0.25) is 0 Å². The van der Waals surface area contributed by atoms with Crippen molar-refractivity contribution in [2.45, 2.75) is 63.3 Å². The number of nitrogens with one attached hydrogen (secondary N) is 1. The number of likely N-dealkylation sites (N-methyl/N-ethyl adjacent to an activating group) is 2. The van der Waals surface area contributed by atoms with Gasteiger partial charge in [0.2, 0.25) is 6.41 Å². The van der Waals surface area contributed by atoms with Crippen LogP contribution in [-0.2, 0) is 30.9 Å². The molecule has 0 spiro atoms. The Hall–Kier alpha value is -1.59. The second-order valence-corrected chi connectivity index (χ2v) is 11.2. The number of carbonyl (C=O) groups is 1. The first-order chi connectivity index (χ1) is 19.9. The van der Waals surface area contributed by atoms with Crippen LogP contribution >= 0.6 is 18.5 Å². The highest BCUT2D eigenvalue weighted by Crippen LogP contribution is 2.40. The van der Waals surface area contributed by atoms with Crippen LogP contribution < -0.4 is 20.9 Å². The average molecular weight is 617 g/mol. The summed E-state index contributed by atoms with van der Waals surface area (Å²) in [6.07, 6.45) is 10.5. The molecule has 2 unspecified atom stereocenters. The molecule has 1 aromatic rings. The number of hydrogen-bond donors (Lipinski definition) is 2. The van der Waals surface area contributed by atoms with Gasteiger partial charge in [-0.3, -0.25) is 10.2 Å². The highest BCUT2D eigenvalue weighted by molar-refractivity contribution is 7.36. The lowest BCUT2D eigenvalue weighted by Crippen LogP contribution is -2.52. The zero-order valence-electron chi connectivity index (χ0n) is 24.2. The number of allylic oxidation sites excluding steroid dienone is 1. The van der Waals surface area contributed by atoms with Gasteiger partial charge in [0.15, 0.2) is 5.75 Å². The van der Waals surface area contributed by atoms with Crippen LogP contribution in [0.25, 0.3) is 0 Å². The summed E-state index contributed by atoms with van der Waals surface area (Å²) in [6.45, 7) is 2.54. The van der Waals surface area contributed by atoms with Gasteiger partial charge in [-0.2, -0.15) is 4.89 Å². The molecule has 2 N–H and O–H groups in total. The van der Waals surface area contributed by atoms with Crippen LogP contribution in [0.5, 0.6) is 5.75 Å². The third-order valence-electron chi connectivity index (χ3n) is 7.25. The SMILES string of the molecule is CN(CCCCCCO)CCOOOCCOOc1ccc(C/C=C(/N=O)C2(N(C)NC=O)CCCC2)c(P)c1P. The lowest BCUT2D eigenvalue weighted by Gasteiger charge is -2.37. The second kappa shape index (κ2) is 20.3. The number of amides is 1. The van der Waals surface area contributed by atoms with E-state index in [-0.39, 0.29) is 19.8 Å². The molecular formula is C27H46N4O8P2. The molecule has 0 aromatic heterocycles. The maximum absolute atomic E-state index is 11.8. The number of aliphatic hydroxyl groups excluding tert-OH is 1. The number of hydrogen-bond acceptors (Lipinski definition) is 11. The van der Waals surface area contributed by atoms with Gasteiger partial charge in [-0.1, -0.05) is 42.9 Å². The van der Waals surface area contributed by atoms with E-state index in [4.69, 9.17) is 29.7 Å². The number of nitrogens with zero attached hydrogens (tertiary/aromatic N) is 3. The molecule has 0 saturated heterocycles. The molecule has 1 aliphatic rings. The lowest BCUT2D eigenvalue weighted by atomic mass is 9.91. The Morgan fingerprint density at radius 2 is 1.73 bits per heavy atom. The summed E-state index contributed by atoms with van der Waals surface area (Å²) in [4.78, 5) is 45.6. The van der Waals surface area contributed by atoms with Crippen molar-refractivity contribution in [3.63, 3.8) is 0 Å². The first-order valence-electron chi connectivity index (χ1n) is 14.0. The summed E-state index contributed by atoms with van der Waals surface area (Å²) in [5, 5.41) is 20.3. The highest BCUT2D eigenvalue weighted by atomic mass is 31.0. The number of rotatable bonds is 23. The van der Waals surface area contributed by atoms with Crippen LogP contribution in [0.1, 0.15) is 56.9 Å². The largest absolute Gasteiger partial charge is 0.396 e. The van der Waals surface area contributed by atoms with Gasteiger partial charge in [0.05, 0.1) is 12.1 Å². The van der Waals surface area contributed by atoms with Gasteiger partial charge in [0.25, 0.3) is 0 Å². The maximum atomic E-state index is 11.8. The van der Waals surface area contributed by atoms with Crippen molar-refractivity contribution in [3.8, 4) is 5.75 Å². The van der Waals surface area contributed by atoms with Crippen molar-refractivity contribution in [2.24, 2.45) is 5.18 Å². The van der Waals surface area contributed by atoms with Gasteiger partial charge in [-0.25, -0.2) is 14.8 Å². The summed E-state index contributed by atoms with van der Waals surface area (Å²) in [7, 11) is 9.13. The molecule has 1 saturated carbocycles. The molecule has 1 aliphatic carbocycles. The van der Waals surface area contributed by atoms with Crippen LogP contribution in [0.3, 0.4) is 0 Å². The Kier molecular flexibility index (Phi) is 17.7. The van der Waals surface area contributed by atoms with Crippen LogP contribution in [-0.4, -0.2) is 80.6 Å². The van der Waals surface area contributed by atoms with Gasteiger partial charge >= 0.3 is 0 Å². The summed E-state index contributed by atoms with van der Waals surface area (Å²) < 4.78 is 0. The van der Waals surface area contributed by atoms with Crippen LogP contribution in [0.15, 0.2) is 29.1 Å². The minimum absolute atomic E-state index is 0.111. The van der Waals surface area contributed by atoms with Crippen molar-refractivity contribution >= 4 is 35.5 Å². The van der Waals surface area contributed by atoms with Crippen molar-refractivity contribution in [1.82, 2.24) is 15.3 Å². The third kappa shape index (κ3) is 11.9. The predicted molar refractivity (Wildman–Crippen MR) is 163 cm³/mol. The third-order valence-corrected chi connectivity index (χ3v) is 8.86. The van der Waals surface area contributed by atoms with Gasteiger partial charge in [0.1, 0.15) is 18.9 Å². The molecule has 14 heteroatoms. The monoisotopic (exact) mass is 616 g/mol. The Morgan fingerprint density at radius 3 is 2.44 bits per heavy atom. The normalized spacial score (nSPS) is 15.0. The van der Waals surface area contributed by atoms with Crippen molar-refractivity contribution in [2.75, 3.05) is 53.6 Å². The van der Waals surface area contributed by atoms with E-state index in [2.05, 4.69) is 34.0 Å². The molecule has 0 bridgehead atoms. The Balaban J connectivity index is 1.71. The first-order valence-corrected chi connectivity index (χ1v) is 15.2. The maximum Gasteiger partial charge on any atom is 0.221 e. The van der Waals surface area contributed by atoms with Gasteiger partial charge < -0.3 is 14.9 Å². The minimum Gasteiger partial charge on any atom is -0.396 e. The molecule has 41 heavy (non-hydrogen) atoms. The Labute approximate surface area is 247 Å². The summed E-state index contributed by atoms with van der Waals surface area (Å²) in [5.41, 5.74) is 3.48. The number of hydrazine groups is 1. The van der Waals surface area contributed by atoms with Gasteiger partial charge in [0, 0.05) is 25.5 Å². The molecule has 0 aliphatic heterocycles. The summed E-state index contributed by atoms with van der Waals surface area (Å²) in [5.74, 6) is 0.528. The predicted octanol–water partition coefficient (Wildman–Crippen LogP) is 2.46. The fourth-order valence-corrected chi connectivity index (χ4v) is 5.47. The summed E-state index contributed by atoms with van der Waals surface area (Å²) in [6, 6.07) is 3.70. The standard InChI is InChI=1S/C27H46N4O8P2/c1-30(15-7-3-4-8-17-32)16-18-36-39-37-20-19-35-38-23-11-9-22(25(40)26(23)41)10-12-24(29-34)27(13-5-6-14-27)31(2)28-21-33/h9,11-12,21,32H,3-8,10,13-20,40-41H2,1-2H3,(H,28,33)/b24-12+. The summed E-state index contributed by atoms with van der Waals surface area (Å²) >= 11 is 0. The number of nitroso groups, excluding NO2 is 1. The number of benzene rings is 1. The fraction of sp³-hybridized carbons (Fsp3) is 0.667. The van der Waals surface area contributed by atoms with Crippen molar-refractivity contribution in [1.29, 1.82) is 0 Å². The van der Waals surface area contributed by atoms with Gasteiger partial charge in [-0.05, 0) is 67.8 Å². The molecule has 2 rings (SSSR count). The van der Waals surface area contributed by atoms with E-state index in [0.29, 0.717) is 37.4 Å². The smallest absolute Gasteiger partial charge is 0.221 e. The van der Waals surface area contributed by atoms with Crippen molar-refractivity contribution in [3.05, 3.63) is 34.4 Å². The number of carbonyl (C=O) groups excluding carboxylic acids is 1. The Bertz CT molecular complexity index is 950. The van der Waals surface area contributed by atoms with E-state index >= 15 is 0 Å². The molecule has 232 valence electrons. The highest BCUT2D eigenvalue weighted by Gasteiger charge is 2.42. The van der Waals surface area contributed by atoms with Gasteiger partial charge in [-0.15, -0.1) is 23.4 Å². The molecule has 1 aromatic carbocycles. The average Bonchev–Trinajstić information content (AvgIpc) is 3.47. The minimum atomic E-state index is -0.599. The molecule has 0 radical (unpaired) electrons. The molecule has 0 heterocycles. The van der Waals surface area contributed by atoms with E-state index in [1.165, 1.54) is 0 Å². The molecule has 1 amide bonds.